The molecule has 7 nitrogen and oxygen atoms in total. The zero-order chi connectivity index (χ0) is 21.9. The molecule has 0 spiro atoms. The lowest BCUT2D eigenvalue weighted by Crippen LogP contribution is -2.24. The van der Waals surface area contributed by atoms with Crippen molar-refractivity contribution in [2.45, 2.75) is 37.0 Å². The zero-order valence-corrected chi connectivity index (χ0v) is 19.0. The quantitative estimate of drug-likeness (QED) is 0.512. The van der Waals surface area contributed by atoms with E-state index in [0.717, 1.165) is 52.9 Å². The molecule has 9 heteroatoms. The van der Waals surface area contributed by atoms with Crippen LogP contribution in [0.3, 0.4) is 0 Å². The molecule has 166 valence electrons. The molecule has 0 atom stereocenters. The number of carbonyl (C=O) groups excluding carboxylic acids is 1. The highest BCUT2D eigenvalue weighted by Gasteiger charge is 2.30. The minimum atomic E-state index is -0.0719. The van der Waals surface area contributed by atoms with Crippen LogP contribution in [0.15, 0.2) is 47.6 Å². The van der Waals surface area contributed by atoms with Crippen molar-refractivity contribution in [2.75, 3.05) is 19.0 Å². The van der Waals surface area contributed by atoms with Crippen molar-refractivity contribution in [2.24, 2.45) is 0 Å². The number of aromatic nitrogens is 3. The molecule has 1 aliphatic heterocycles. The molecule has 1 aliphatic carbocycles. The maximum atomic E-state index is 12.4. The maximum absolute atomic E-state index is 12.4. The summed E-state index contributed by atoms with van der Waals surface area (Å²) in [6, 6.07) is 13.7. The summed E-state index contributed by atoms with van der Waals surface area (Å²) < 4.78 is 13.7. The van der Waals surface area contributed by atoms with Crippen molar-refractivity contribution in [1.82, 2.24) is 20.1 Å². The molecule has 5 rings (SSSR count). The minimum absolute atomic E-state index is 0.0719. The predicted molar refractivity (Wildman–Crippen MR) is 123 cm³/mol. The van der Waals surface area contributed by atoms with E-state index < -0.39 is 0 Å². The van der Waals surface area contributed by atoms with Gasteiger partial charge in [0, 0.05) is 29.6 Å². The van der Waals surface area contributed by atoms with Crippen LogP contribution in [-0.4, -0.2) is 39.6 Å². The summed E-state index contributed by atoms with van der Waals surface area (Å²) in [6.45, 7) is 1.69. The second-order valence-electron chi connectivity index (χ2n) is 7.78. The maximum Gasteiger partial charge on any atom is 0.230 e. The third-order valence-corrected chi connectivity index (χ3v) is 6.66. The van der Waals surface area contributed by atoms with Crippen molar-refractivity contribution in [3.05, 3.63) is 53.1 Å². The molecule has 0 saturated heterocycles. The van der Waals surface area contributed by atoms with Gasteiger partial charge in [-0.3, -0.25) is 9.36 Å². The first-order valence-electron chi connectivity index (χ1n) is 10.7. The molecule has 2 aliphatic rings. The second kappa shape index (κ2) is 9.42. The number of halogens is 1. The number of rotatable bonds is 7. The topological polar surface area (TPSA) is 78.3 Å². The molecule has 1 amide bonds. The minimum Gasteiger partial charge on any atom is -0.490 e. The average Bonchev–Trinajstić information content (AvgIpc) is 3.60. The second-order valence-corrected chi connectivity index (χ2v) is 9.13. The molecule has 1 aromatic heterocycles. The summed E-state index contributed by atoms with van der Waals surface area (Å²) >= 11 is 7.56. The molecule has 3 aromatic rings. The van der Waals surface area contributed by atoms with Gasteiger partial charge in [-0.2, -0.15) is 0 Å². The lowest BCUT2D eigenvalue weighted by molar-refractivity contribution is -0.118. The monoisotopic (exact) mass is 470 g/mol. The molecule has 0 bridgehead atoms. The fourth-order valence-electron chi connectivity index (χ4n) is 3.55. The number of amides is 1. The normalized spacial score (nSPS) is 15.3. The first kappa shape index (κ1) is 21.2. The van der Waals surface area contributed by atoms with Gasteiger partial charge < -0.3 is 14.8 Å². The van der Waals surface area contributed by atoms with Gasteiger partial charge in [-0.15, -0.1) is 10.2 Å². The highest BCUT2D eigenvalue weighted by Crippen LogP contribution is 2.42. The van der Waals surface area contributed by atoms with Gasteiger partial charge in [0.1, 0.15) is 0 Å². The fraction of sp³-hybridized carbons (Fsp3) is 0.348. The lowest BCUT2D eigenvalue weighted by atomic mass is 10.2. The highest BCUT2D eigenvalue weighted by atomic mass is 35.5. The van der Waals surface area contributed by atoms with E-state index in [-0.39, 0.29) is 11.7 Å². The van der Waals surface area contributed by atoms with Crippen molar-refractivity contribution in [1.29, 1.82) is 0 Å². The van der Waals surface area contributed by atoms with Gasteiger partial charge >= 0.3 is 0 Å². The van der Waals surface area contributed by atoms with Crippen molar-refractivity contribution in [3.63, 3.8) is 0 Å². The van der Waals surface area contributed by atoms with Crippen LogP contribution in [0.2, 0.25) is 5.02 Å². The Kier molecular flexibility index (Phi) is 6.23. The number of hydrogen-bond acceptors (Lipinski definition) is 6. The van der Waals surface area contributed by atoms with E-state index in [1.807, 2.05) is 42.5 Å². The summed E-state index contributed by atoms with van der Waals surface area (Å²) in [6.07, 6.45) is 3.03. The van der Waals surface area contributed by atoms with Gasteiger partial charge in [-0.05, 0) is 42.7 Å². The molecule has 1 N–H and O–H groups in total. The third kappa shape index (κ3) is 4.71. The Morgan fingerprint density at radius 1 is 1.12 bits per heavy atom. The van der Waals surface area contributed by atoms with Crippen LogP contribution in [0.25, 0.3) is 11.4 Å². The largest absolute Gasteiger partial charge is 0.490 e. The Balaban J connectivity index is 1.28. The molecular formula is C23H23ClN4O3S. The molecule has 32 heavy (non-hydrogen) atoms. The van der Waals surface area contributed by atoms with Gasteiger partial charge in [0.15, 0.2) is 22.5 Å². The molecular weight excluding hydrogens is 448 g/mol. The average molecular weight is 471 g/mol. The fourth-order valence-corrected chi connectivity index (χ4v) is 4.59. The Hall–Kier alpha value is -2.71. The predicted octanol–water partition coefficient (Wildman–Crippen LogP) is 4.50. The van der Waals surface area contributed by atoms with E-state index in [9.17, 15) is 4.79 Å². The van der Waals surface area contributed by atoms with Crippen LogP contribution >= 0.6 is 23.4 Å². The number of fused-ring (bicyclic) bond motifs is 1. The lowest BCUT2D eigenvalue weighted by Gasteiger charge is -2.11. The summed E-state index contributed by atoms with van der Waals surface area (Å²) in [5, 5.41) is 13.2. The number of nitrogens with zero attached hydrogens (tertiary/aromatic N) is 3. The molecule has 2 heterocycles. The van der Waals surface area contributed by atoms with Gasteiger partial charge in [-0.1, -0.05) is 41.6 Å². The number of thioether (sulfide) groups is 1. The Morgan fingerprint density at radius 2 is 1.94 bits per heavy atom. The summed E-state index contributed by atoms with van der Waals surface area (Å²) in [7, 11) is 0. The first-order valence-corrected chi connectivity index (χ1v) is 12.0. The standard InChI is InChI=1S/C23H23ClN4O3S/c24-18-5-2-1-4-16(18)13-25-21(29)14-32-23-27-26-22(28(23)17-7-8-17)15-6-9-19-20(12-15)31-11-3-10-30-19/h1-2,4-6,9,12,17H,3,7-8,10-11,13-14H2,(H,25,29). The van der Waals surface area contributed by atoms with Crippen molar-refractivity contribution >= 4 is 29.3 Å². The number of benzene rings is 2. The van der Waals surface area contributed by atoms with Gasteiger partial charge in [0.05, 0.1) is 19.0 Å². The molecule has 1 saturated carbocycles. The van der Waals surface area contributed by atoms with E-state index in [1.54, 1.807) is 0 Å². The van der Waals surface area contributed by atoms with E-state index in [1.165, 1.54) is 11.8 Å². The highest BCUT2D eigenvalue weighted by molar-refractivity contribution is 7.99. The van der Waals surface area contributed by atoms with E-state index in [2.05, 4.69) is 20.1 Å². The summed E-state index contributed by atoms with van der Waals surface area (Å²) in [5.41, 5.74) is 1.83. The zero-order valence-electron chi connectivity index (χ0n) is 17.4. The summed E-state index contributed by atoms with van der Waals surface area (Å²) in [4.78, 5) is 12.4. The van der Waals surface area contributed by atoms with Crippen LogP contribution in [0.1, 0.15) is 30.9 Å². The Bertz CT molecular complexity index is 1130. The Morgan fingerprint density at radius 3 is 2.75 bits per heavy atom. The van der Waals surface area contributed by atoms with Crippen LogP contribution in [0, 0.1) is 0 Å². The Labute approximate surface area is 195 Å². The van der Waals surface area contributed by atoms with E-state index in [4.69, 9.17) is 21.1 Å². The number of carbonyl (C=O) groups is 1. The SMILES string of the molecule is O=C(CSc1nnc(-c2ccc3c(c2)OCCCO3)n1C1CC1)NCc1ccccc1Cl. The van der Waals surface area contributed by atoms with Crippen LogP contribution in [0.4, 0.5) is 0 Å². The van der Waals surface area contributed by atoms with Gasteiger partial charge in [-0.25, -0.2) is 0 Å². The van der Waals surface area contributed by atoms with Crippen molar-refractivity contribution < 1.29 is 14.3 Å². The van der Waals surface area contributed by atoms with Gasteiger partial charge in [0.2, 0.25) is 5.91 Å². The molecule has 0 unspecified atom stereocenters. The van der Waals surface area contributed by atoms with Gasteiger partial charge in [0.25, 0.3) is 0 Å². The number of nitrogens with one attached hydrogen (secondary N) is 1. The van der Waals surface area contributed by atoms with E-state index in [0.29, 0.717) is 30.8 Å². The molecule has 1 fully saturated rings. The molecule has 0 radical (unpaired) electrons. The third-order valence-electron chi connectivity index (χ3n) is 5.35. The van der Waals surface area contributed by atoms with E-state index >= 15 is 0 Å². The summed E-state index contributed by atoms with van der Waals surface area (Å²) in [5.74, 6) is 2.47. The first-order chi connectivity index (χ1) is 15.7. The van der Waals surface area contributed by atoms with Crippen molar-refractivity contribution in [3.8, 4) is 22.9 Å². The number of ether oxygens (including phenoxy) is 2. The van der Waals surface area contributed by atoms with Crippen LogP contribution < -0.4 is 14.8 Å². The smallest absolute Gasteiger partial charge is 0.230 e. The van der Waals surface area contributed by atoms with Crippen LogP contribution in [0.5, 0.6) is 11.5 Å². The number of hydrogen-bond donors (Lipinski definition) is 1. The molecule has 2 aromatic carbocycles. The van der Waals surface area contributed by atoms with Crippen LogP contribution in [-0.2, 0) is 11.3 Å².